The zero-order valence-corrected chi connectivity index (χ0v) is 14.9. The smallest absolute Gasteiger partial charge is 0.332 e. The van der Waals surface area contributed by atoms with Crippen molar-refractivity contribution in [3.05, 3.63) is 51.2 Å². The van der Waals surface area contributed by atoms with Crippen molar-refractivity contribution in [2.75, 3.05) is 18.0 Å². The van der Waals surface area contributed by atoms with Crippen LogP contribution < -0.4 is 21.9 Å². The number of aromatic nitrogens is 4. The lowest BCUT2D eigenvalue weighted by atomic mass is 10.1. The Hall–Kier alpha value is -2.87. The van der Waals surface area contributed by atoms with Gasteiger partial charge in [-0.1, -0.05) is 18.2 Å². The molecule has 4 rings (SSSR count). The molecule has 1 aromatic carbocycles. The zero-order valence-electron chi connectivity index (χ0n) is 14.9. The molecule has 0 aliphatic carbocycles. The number of anilines is 1. The fourth-order valence-electron chi connectivity index (χ4n) is 3.61. The molecule has 2 N–H and O–H groups in total. The van der Waals surface area contributed by atoms with Crippen LogP contribution >= 0.6 is 0 Å². The number of piperidine rings is 1. The summed E-state index contributed by atoms with van der Waals surface area (Å²) in [6.07, 6.45) is 1.94. The van der Waals surface area contributed by atoms with Gasteiger partial charge in [0.15, 0.2) is 11.2 Å². The molecule has 3 aromatic rings. The summed E-state index contributed by atoms with van der Waals surface area (Å²) < 4.78 is 4.38. The number of para-hydroxylation sites is 1. The summed E-state index contributed by atoms with van der Waals surface area (Å²) in [6, 6.07) is 9.68. The van der Waals surface area contributed by atoms with Crippen LogP contribution in [0.4, 0.5) is 5.95 Å². The van der Waals surface area contributed by atoms with E-state index in [9.17, 15) is 9.59 Å². The third kappa shape index (κ3) is 2.45. The lowest BCUT2D eigenvalue weighted by molar-refractivity contribution is 0.499. The van der Waals surface area contributed by atoms with Crippen molar-refractivity contribution in [2.24, 2.45) is 19.8 Å². The van der Waals surface area contributed by atoms with Gasteiger partial charge in [0.25, 0.3) is 5.56 Å². The highest BCUT2D eigenvalue weighted by Gasteiger charge is 2.26. The van der Waals surface area contributed by atoms with Gasteiger partial charge in [0.05, 0.1) is 0 Å². The standard InChI is InChI=1S/C18H22N6O2/c1-21-15-14(16(25)22(2)18(21)26)24(13-8-4-3-5-9-13)17(20-15)23-10-6-7-12(19)11-23/h3-5,8-9,12H,6-7,10-11,19H2,1-2H3. The van der Waals surface area contributed by atoms with E-state index in [2.05, 4.69) is 4.90 Å². The molecule has 1 aliphatic heterocycles. The second kappa shape index (κ2) is 6.14. The first-order chi connectivity index (χ1) is 12.5. The van der Waals surface area contributed by atoms with Crippen molar-refractivity contribution in [3.8, 4) is 5.69 Å². The Balaban J connectivity index is 2.08. The molecule has 0 amide bonds. The highest BCUT2D eigenvalue weighted by molar-refractivity contribution is 5.77. The summed E-state index contributed by atoms with van der Waals surface area (Å²) in [4.78, 5) is 32.0. The van der Waals surface area contributed by atoms with Crippen molar-refractivity contribution in [1.29, 1.82) is 0 Å². The molecule has 26 heavy (non-hydrogen) atoms. The number of imidazole rings is 1. The Labute approximate surface area is 150 Å². The molecular weight excluding hydrogens is 332 g/mol. The van der Waals surface area contributed by atoms with E-state index >= 15 is 0 Å². The predicted molar refractivity (Wildman–Crippen MR) is 101 cm³/mol. The molecule has 1 atom stereocenters. The van der Waals surface area contributed by atoms with Crippen LogP contribution in [0.1, 0.15) is 12.8 Å². The van der Waals surface area contributed by atoms with Gasteiger partial charge < -0.3 is 10.6 Å². The molecule has 2 aromatic heterocycles. The molecule has 0 bridgehead atoms. The van der Waals surface area contributed by atoms with Crippen molar-refractivity contribution in [2.45, 2.75) is 18.9 Å². The topological polar surface area (TPSA) is 91.1 Å². The van der Waals surface area contributed by atoms with Crippen molar-refractivity contribution < 1.29 is 0 Å². The summed E-state index contributed by atoms with van der Waals surface area (Å²) in [5.74, 6) is 0.652. The molecule has 8 nitrogen and oxygen atoms in total. The fraction of sp³-hybridized carbons (Fsp3) is 0.389. The minimum atomic E-state index is -0.387. The van der Waals surface area contributed by atoms with E-state index in [1.807, 2.05) is 34.9 Å². The van der Waals surface area contributed by atoms with Gasteiger partial charge >= 0.3 is 5.69 Å². The first-order valence-corrected chi connectivity index (χ1v) is 8.73. The molecule has 1 fully saturated rings. The molecule has 8 heteroatoms. The van der Waals surface area contributed by atoms with Crippen LogP contribution in [0.3, 0.4) is 0 Å². The Morgan fingerprint density at radius 3 is 2.54 bits per heavy atom. The maximum absolute atomic E-state index is 12.9. The number of hydrogen-bond donors (Lipinski definition) is 1. The summed E-state index contributed by atoms with van der Waals surface area (Å²) in [7, 11) is 3.13. The van der Waals surface area contributed by atoms with Gasteiger partial charge in [0.2, 0.25) is 5.95 Å². The molecule has 1 aliphatic rings. The summed E-state index contributed by atoms with van der Waals surface area (Å²) in [5, 5.41) is 0. The third-order valence-corrected chi connectivity index (χ3v) is 5.00. The first-order valence-electron chi connectivity index (χ1n) is 8.73. The Morgan fingerprint density at radius 1 is 1.12 bits per heavy atom. The highest BCUT2D eigenvalue weighted by Crippen LogP contribution is 2.26. The van der Waals surface area contributed by atoms with Crippen LogP contribution in [0.25, 0.3) is 16.9 Å². The van der Waals surface area contributed by atoms with Gasteiger partial charge in [-0.15, -0.1) is 0 Å². The molecule has 3 heterocycles. The average Bonchev–Trinajstić information content (AvgIpc) is 3.06. The largest absolute Gasteiger partial charge is 0.340 e. The van der Waals surface area contributed by atoms with Crippen LogP contribution in [0.2, 0.25) is 0 Å². The second-order valence-corrected chi connectivity index (χ2v) is 6.81. The molecule has 0 spiro atoms. The molecule has 0 radical (unpaired) electrons. The summed E-state index contributed by atoms with van der Waals surface area (Å²) >= 11 is 0. The van der Waals surface area contributed by atoms with Crippen molar-refractivity contribution >= 4 is 17.1 Å². The minimum Gasteiger partial charge on any atom is -0.340 e. The van der Waals surface area contributed by atoms with Crippen LogP contribution in [-0.4, -0.2) is 37.8 Å². The van der Waals surface area contributed by atoms with E-state index in [1.54, 1.807) is 7.05 Å². The summed E-state index contributed by atoms with van der Waals surface area (Å²) in [5.41, 5.74) is 7.03. The van der Waals surface area contributed by atoms with Crippen LogP contribution in [0.15, 0.2) is 39.9 Å². The minimum absolute atomic E-state index is 0.0689. The Morgan fingerprint density at radius 2 is 1.85 bits per heavy atom. The number of aryl methyl sites for hydroxylation is 1. The highest BCUT2D eigenvalue weighted by atomic mass is 16.2. The lowest BCUT2D eigenvalue weighted by Crippen LogP contribution is -2.44. The molecule has 1 unspecified atom stereocenters. The summed E-state index contributed by atoms with van der Waals surface area (Å²) in [6.45, 7) is 1.49. The Bertz CT molecular complexity index is 1080. The third-order valence-electron chi connectivity index (χ3n) is 5.00. The first kappa shape index (κ1) is 16.6. The number of nitrogens with two attached hydrogens (primary N) is 1. The van der Waals surface area contributed by atoms with Crippen molar-refractivity contribution in [1.82, 2.24) is 18.7 Å². The van der Waals surface area contributed by atoms with E-state index in [0.717, 1.165) is 29.6 Å². The van der Waals surface area contributed by atoms with E-state index in [0.29, 0.717) is 23.7 Å². The number of benzene rings is 1. The van der Waals surface area contributed by atoms with Gasteiger partial charge in [-0.25, -0.2) is 4.79 Å². The van der Waals surface area contributed by atoms with E-state index in [1.165, 1.54) is 11.6 Å². The molecular formula is C18H22N6O2. The maximum Gasteiger partial charge on any atom is 0.332 e. The average molecular weight is 354 g/mol. The van der Waals surface area contributed by atoms with Crippen LogP contribution in [0, 0.1) is 0 Å². The van der Waals surface area contributed by atoms with E-state index < -0.39 is 0 Å². The van der Waals surface area contributed by atoms with Gasteiger partial charge in [-0.2, -0.15) is 4.98 Å². The number of nitrogens with zero attached hydrogens (tertiary/aromatic N) is 5. The normalized spacial score (nSPS) is 17.8. The zero-order chi connectivity index (χ0) is 18.4. The quantitative estimate of drug-likeness (QED) is 0.717. The fourth-order valence-corrected chi connectivity index (χ4v) is 3.61. The van der Waals surface area contributed by atoms with Crippen molar-refractivity contribution in [3.63, 3.8) is 0 Å². The lowest BCUT2D eigenvalue weighted by Gasteiger charge is -2.31. The Kier molecular flexibility index (Phi) is 3.91. The maximum atomic E-state index is 12.9. The van der Waals surface area contributed by atoms with E-state index in [4.69, 9.17) is 10.7 Å². The molecule has 1 saturated heterocycles. The van der Waals surface area contributed by atoms with Gasteiger partial charge in [0.1, 0.15) is 0 Å². The molecule has 136 valence electrons. The van der Waals surface area contributed by atoms with Crippen LogP contribution in [-0.2, 0) is 14.1 Å². The van der Waals surface area contributed by atoms with Crippen LogP contribution in [0.5, 0.6) is 0 Å². The predicted octanol–water partition coefficient (Wildman–Crippen LogP) is 0.350. The monoisotopic (exact) mass is 354 g/mol. The molecule has 0 saturated carbocycles. The number of fused-ring (bicyclic) bond motifs is 1. The second-order valence-electron chi connectivity index (χ2n) is 6.81. The van der Waals surface area contributed by atoms with Gasteiger partial charge in [-0.3, -0.25) is 18.5 Å². The number of rotatable bonds is 2. The SMILES string of the molecule is Cn1c(=O)c2c(nc(N3CCCC(N)C3)n2-c2ccccc2)n(C)c1=O. The van der Waals surface area contributed by atoms with Gasteiger partial charge in [0, 0.05) is 38.9 Å². The van der Waals surface area contributed by atoms with Gasteiger partial charge in [-0.05, 0) is 25.0 Å². The number of hydrogen-bond acceptors (Lipinski definition) is 5. The van der Waals surface area contributed by atoms with E-state index in [-0.39, 0.29) is 17.3 Å².